The molecule has 0 radical (unpaired) electrons. The maximum absolute atomic E-state index is 4.19. The van der Waals surface area contributed by atoms with E-state index in [9.17, 15) is 0 Å². The van der Waals surface area contributed by atoms with Crippen LogP contribution in [0.3, 0.4) is 0 Å². The van der Waals surface area contributed by atoms with Crippen LogP contribution in [0.4, 0.5) is 0 Å². The van der Waals surface area contributed by atoms with Gasteiger partial charge in [0, 0.05) is 37.9 Å². The zero-order valence-electron chi connectivity index (χ0n) is 11.9. The lowest BCUT2D eigenvalue weighted by Gasteiger charge is -2.33. The Hall–Kier alpha value is -0.870. The number of aromatic nitrogens is 2. The number of piperidine rings is 1. The van der Waals surface area contributed by atoms with Gasteiger partial charge in [-0.15, -0.1) is 0 Å². The third-order valence-corrected chi connectivity index (χ3v) is 3.56. The monoisotopic (exact) mass is 250 g/mol. The first-order valence-corrected chi connectivity index (χ1v) is 7.06. The fourth-order valence-corrected chi connectivity index (χ4v) is 2.66. The number of nitrogens with one attached hydrogen (secondary N) is 1. The molecule has 4 heteroatoms. The van der Waals surface area contributed by atoms with Crippen molar-refractivity contribution in [2.45, 2.75) is 39.3 Å². The SMILES string of the molecule is CC(C)CN1CCC(NCc2cnn(C)c2)CC1. The molecule has 1 aliphatic heterocycles. The van der Waals surface area contributed by atoms with Gasteiger partial charge >= 0.3 is 0 Å². The fourth-order valence-electron chi connectivity index (χ4n) is 2.66. The van der Waals surface area contributed by atoms with E-state index >= 15 is 0 Å². The van der Waals surface area contributed by atoms with E-state index in [0.29, 0.717) is 6.04 Å². The molecular formula is C14H26N4. The van der Waals surface area contributed by atoms with Crippen LogP contribution in [0.2, 0.25) is 0 Å². The average molecular weight is 250 g/mol. The van der Waals surface area contributed by atoms with E-state index in [-0.39, 0.29) is 0 Å². The molecule has 1 aromatic heterocycles. The van der Waals surface area contributed by atoms with Crippen molar-refractivity contribution < 1.29 is 0 Å². The zero-order chi connectivity index (χ0) is 13.0. The number of hydrogen-bond acceptors (Lipinski definition) is 3. The largest absolute Gasteiger partial charge is 0.310 e. The smallest absolute Gasteiger partial charge is 0.0534 e. The molecule has 0 atom stereocenters. The summed E-state index contributed by atoms with van der Waals surface area (Å²) < 4.78 is 1.86. The van der Waals surface area contributed by atoms with Gasteiger partial charge in [0.05, 0.1) is 6.20 Å². The Labute approximate surface area is 110 Å². The molecule has 1 aliphatic rings. The number of likely N-dealkylation sites (tertiary alicyclic amines) is 1. The van der Waals surface area contributed by atoms with Gasteiger partial charge in [-0.05, 0) is 31.8 Å². The second-order valence-electron chi connectivity index (χ2n) is 5.87. The van der Waals surface area contributed by atoms with Gasteiger partial charge in [0.2, 0.25) is 0 Å². The molecule has 0 aromatic carbocycles. The fraction of sp³-hybridized carbons (Fsp3) is 0.786. The predicted octanol–water partition coefficient (Wildman–Crippen LogP) is 1.63. The predicted molar refractivity (Wildman–Crippen MR) is 74.3 cm³/mol. The molecule has 4 nitrogen and oxygen atoms in total. The van der Waals surface area contributed by atoms with Gasteiger partial charge in [-0.1, -0.05) is 13.8 Å². The van der Waals surface area contributed by atoms with E-state index in [1.54, 1.807) is 0 Å². The Morgan fingerprint density at radius 1 is 1.39 bits per heavy atom. The van der Waals surface area contributed by atoms with E-state index in [4.69, 9.17) is 0 Å². The molecule has 2 heterocycles. The number of hydrogen-bond donors (Lipinski definition) is 1. The lowest BCUT2D eigenvalue weighted by atomic mass is 10.0. The summed E-state index contributed by atoms with van der Waals surface area (Å²) in [7, 11) is 1.97. The molecule has 0 unspecified atom stereocenters. The highest BCUT2D eigenvalue weighted by molar-refractivity contribution is 5.03. The molecule has 0 bridgehead atoms. The van der Waals surface area contributed by atoms with Gasteiger partial charge in [-0.3, -0.25) is 4.68 Å². The topological polar surface area (TPSA) is 33.1 Å². The Bertz CT molecular complexity index is 350. The highest BCUT2D eigenvalue weighted by Crippen LogP contribution is 2.12. The van der Waals surface area contributed by atoms with Crippen LogP contribution >= 0.6 is 0 Å². The zero-order valence-corrected chi connectivity index (χ0v) is 11.9. The second-order valence-corrected chi connectivity index (χ2v) is 5.87. The summed E-state index contributed by atoms with van der Waals surface area (Å²) in [5.74, 6) is 0.782. The first-order valence-electron chi connectivity index (χ1n) is 7.06. The lowest BCUT2D eigenvalue weighted by molar-refractivity contribution is 0.179. The summed E-state index contributed by atoms with van der Waals surface area (Å²) in [4.78, 5) is 2.59. The lowest BCUT2D eigenvalue weighted by Crippen LogP contribution is -2.43. The highest BCUT2D eigenvalue weighted by atomic mass is 15.2. The molecule has 0 aliphatic carbocycles. The van der Waals surface area contributed by atoms with Crippen molar-refractivity contribution in [3.63, 3.8) is 0 Å². The van der Waals surface area contributed by atoms with Gasteiger partial charge in [0.15, 0.2) is 0 Å². The molecule has 18 heavy (non-hydrogen) atoms. The minimum absolute atomic E-state index is 0.675. The van der Waals surface area contributed by atoms with Crippen molar-refractivity contribution in [1.82, 2.24) is 20.0 Å². The van der Waals surface area contributed by atoms with Crippen molar-refractivity contribution in [3.8, 4) is 0 Å². The normalized spacial score (nSPS) is 18.7. The molecular weight excluding hydrogens is 224 g/mol. The van der Waals surface area contributed by atoms with E-state index in [1.165, 1.54) is 38.0 Å². The summed E-state index contributed by atoms with van der Waals surface area (Å²) in [6, 6.07) is 0.675. The Balaban J connectivity index is 1.67. The molecule has 0 spiro atoms. The quantitative estimate of drug-likeness (QED) is 0.862. The third kappa shape index (κ3) is 4.10. The number of nitrogens with zero attached hydrogens (tertiary/aromatic N) is 3. The molecule has 1 aromatic rings. The van der Waals surface area contributed by atoms with Gasteiger partial charge < -0.3 is 10.2 Å². The summed E-state index contributed by atoms with van der Waals surface area (Å²) in [6.07, 6.45) is 6.57. The summed E-state index contributed by atoms with van der Waals surface area (Å²) in [6.45, 7) is 9.27. The molecule has 1 saturated heterocycles. The van der Waals surface area contributed by atoms with Crippen LogP contribution in [0.1, 0.15) is 32.3 Å². The molecule has 0 saturated carbocycles. The van der Waals surface area contributed by atoms with Crippen LogP contribution in [-0.2, 0) is 13.6 Å². The van der Waals surface area contributed by atoms with E-state index < -0.39 is 0 Å². The summed E-state index contributed by atoms with van der Waals surface area (Å²) >= 11 is 0. The van der Waals surface area contributed by atoms with Crippen molar-refractivity contribution in [2.75, 3.05) is 19.6 Å². The van der Waals surface area contributed by atoms with Gasteiger partial charge in [0.1, 0.15) is 0 Å². The van der Waals surface area contributed by atoms with Crippen LogP contribution < -0.4 is 5.32 Å². The first-order chi connectivity index (χ1) is 8.63. The van der Waals surface area contributed by atoms with Crippen LogP contribution in [0, 0.1) is 5.92 Å². The average Bonchev–Trinajstić information content (AvgIpc) is 2.74. The maximum atomic E-state index is 4.19. The van der Waals surface area contributed by atoms with Crippen LogP contribution in [0.15, 0.2) is 12.4 Å². The Kier molecular flexibility index (Phi) is 4.78. The van der Waals surface area contributed by atoms with Crippen molar-refractivity contribution >= 4 is 0 Å². The minimum Gasteiger partial charge on any atom is -0.310 e. The maximum Gasteiger partial charge on any atom is 0.0534 e. The van der Waals surface area contributed by atoms with Crippen LogP contribution in [0.5, 0.6) is 0 Å². The standard InChI is InChI=1S/C14H26N4/c1-12(2)10-18-6-4-14(5-7-18)15-8-13-9-16-17(3)11-13/h9,11-12,14-15H,4-8,10H2,1-3H3. The van der Waals surface area contributed by atoms with Crippen LogP contribution in [0.25, 0.3) is 0 Å². The van der Waals surface area contributed by atoms with E-state index in [1.807, 2.05) is 17.9 Å². The summed E-state index contributed by atoms with van der Waals surface area (Å²) in [5, 5.41) is 7.84. The molecule has 102 valence electrons. The third-order valence-electron chi connectivity index (χ3n) is 3.56. The van der Waals surface area contributed by atoms with Crippen molar-refractivity contribution in [2.24, 2.45) is 13.0 Å². The van der Waals surface area contributed by atoms with Crippen molar-refractivity contribution in [1.29, 1.82) is 0 Å². The van der Waals surface area contributed by atoms with Gasteiger partial charge in [-0.25, -0.2) is 0 Å². The number of aryl methyl sites for hydroxylation is 1. The van der Waals surface area contributed by atoms with Gasteiger partial charge in [-0.2, -0.15) is 5.10 Å². The first kappa shape index (κ1) is 13.6. The van der Waals surface area contributed by atoms with Gasteiger partial charge in [0.25, 0.3) is 0 Å². The van der Waals surface area contributed by atoms with Crippen molar-refractivity contribution in [3.05, 3.63) is 18.0 Å². The minimum atomic E-state index is 0.675. The molecule has 2 rings (SSSR count). The Morgan fingerprint density at radius 3 is 2.67 bits per heavy atom. The highest BCUT2D eigenvalue weighted by Gasteiger charge is 2.19. The Morgan fingerprint density at radius 2 is 2.11 bits per heavy atom. The molecule has 1 fully saturated rings. The molecule has 0 amide bonds. The van der Waals surface area contributed by atoms with E-state index in [0.717, 1.165) is 12.5 Å². The van der Waals surface area contributed by atoms with E-state index in [2.05, 4.69) is 35.4 Å². The van der Waals surface area contributed by atoms with Crippen LogP contribution in [-0.4, -0.2) is 40.4 Å². The second kappa shape index (κ2) is 6.34. The summed E-state index contributed by atoms with van der Waals surface area (Å²) in [5.41, 5.74) is 1.28. The molecule has 1 N–H and O–H groups in total. The number of rotatable bonds is 5.